The zero-order valence-electron chi connectivity index (χ0n) is 18.2. The molecule has 2 aromatic carbocycles. The number of fused-ring (bicyclic) bond motifs is 1. The number of nitrogens with zero attached hydrogens (tertiary/aromatic N) is 2. The number of rotatable bonds is 4. The van der Waals surface area contributed by atoms with E-state index in [4.69, 9.17) is 4.99 Å². The van der Waals surface area contributed by atoms with E-state index >= 15 is 0 Å². The number of sulfone groups is 1. The molecule has 4 rings (SSSR count). The predicted octanol–water partition coefficient (Wildman–Crippen LogP) is 3.63. The summed E-state index contributed by atoms with van der Waals surface area (Å²) in [4.78, 5) is 19.4. The molecule has 1 amide bonds. The zero-order valence-corrected chi connectivity index (χ0v) is 19.8. The molecule has 1 fully saturated rings. The van der Waals surface area contributed by atoms with Gasteiger partial charge in [0.05, 0.1) is 29.3 Å². The van der Waals surface area contributed by atoms with Crippen LogP contribution in [0.15, 0.2) is 41.4 Å². The number of amidine groups is 1. The van der Waals surface area contributed by atoms with Crippen LogP contribution in [0.3, 0.4) is 0 Å². The number of thioether (sulfide) groups is 1. The molecular weight excluding hydrogens is 430 g/mol. The number of anilines is 2. The first-order valence-electron chi connectivity index (χ1n) is 10.3. The minimum Gasteiger partial charge on any atom is -0.325 e. The molecule has 1 saturated heterocycles. The van der Waals surface area contributed by atoms with Gasteiger partial charge in [0.25, 0.3) is 0 Å². The highest BCUT2D eigenvalue weighted by molar-refractivity contribution is 8.14. The van der Waals surface area contributed by atoms with Crippen LogP contribution in [0.4, 0.5) is 11.4 Å². The summed E-state index contributed by atoms with van der Waals surface area (Å²) in [6, 6.07) is 11.6. The summed E-state index contributed by atoms with van der Waals surface area (Å²) in [7, 11) is -3.11. The first kappa shape index (κ1) is 21.9. The van der Waals surface area contributed by atoms with E-state index in [1.165, 1.54) is 11.8 Å². The Morgan fingerprint density at radius 1 is 1.06 bits per heavy atom. The number of hydrogen-bond acceptors (Lipinski definition) is 6. The minimum absolute atomic E-state index is 0.0673. The van der Waals surface area contributed by atoms with Crippen LogP contribution in [-0.4, -0.2) is 48.8 Å². The molecule has 0 spiro atoms. The van der Waals surface area contributed by atoms with Crippen LogP contribution in [0.2, 0.25) is 0 Å². The summed E-state index contributed by atoms with van der Waals surface area (Å²) in [6.07, 6.45) is 0. The fourth-order valence-electron chi connectivity index (χ4n) is 4.16. The Bertz CT molecular complexity index is 1170. The molecule has 2 aliphatic rings. The molecular formula is C23H27N3O3S2. The zero-order chi connectivity index (χ0) is 22.3. The largest absolute Gasteiger partial charge is 0.325 e. The molecule has 0 radical (unpaired) electrons. The van der Waals surface area contributed by atoms with Crippen molar-refractivity contribution in [1.82, 2.24) is 0 Å². The third-order valence-electron chi connectivity index (χ3n) is 5.72. The molecule has 2 heterocycles. The van der Waals surface area contributed by atoms with E-state index in [1.54, 1.807) is 0 Å². The highest BCUT2D eigenvalue weighted by Crippen LogP contribution is 2.37. The van der Waals surface area contributed by atoms with Gasteiger partial charge in [0, 0.05) is 11.4 Å². The molecule has 0 aliphatic carbocycles. The van der Waals surface area contributed by atoms with Gasteiger partial charge in [-0.05, 0) is 56.5 Å². The topological polar surface area (TPSA) is 78.8 Å². The van der Waals surface area contributed by atoms with Crippen LogP contribution in [-0.2, 0) is 14.6 Å². The lowest BCUT2D eigenvalue weighted by molar-refractivity contribution is -0.113. The standard InChI is InChI=1S/C23H27N3O3S2/c1-14-6-8-18(17(4)9-14)24-22(27)11-30-23-25-19-12-31(28,29)13-21(19)26(23)20-10-15(2)5-7-16(20)3/h5-10,19,21H,11-13H2,1-4H3,(H,24,27)/t19-,21-/m1/s1. The number of carbonyl (C=O) groups excluding carboxylic acids is 1. The van der Waals surface area contributed by atoms with Crippen LogP contribution in [0, 0.1) is 27.7 Å². The van der Waals surface area contributed by atoms with Crippen molar-refractivity contribution in [3.8, 4) is 0 Å². The maximum Gasteiger partial charge on any atom is 0.234 e. The summed E-state index contributed by atoms with van der Waals surface area (Å²) >= 11 is 1.36. The van der Waals surface area contributed by atoms with Crippen LogP contribution in [0.1, 0.15) is 22.3 Å². The Kier molecular flexibility index (Phi) is 5.87. The fourth-order valence-corrected chi connectivity index (χ4v) is 6.92. The van der Waals surface area contributed by atoms with Crippen LogP contribution >= 0.6 is 11.8 Å². The number of benzene rings is 2. The Morgan fingerprint density at radius 3 is 2.52 bits per heavy atom. The van der Waals surface area contributed by atoms with Crippen molar-refractivity contribution in [3.63, 3.8) is 0 Å². The first-order chi connectivity index (χ1) is 14.6. The fraction of sp³-hybridized carbons (Fsp3) is 0.391. The lowest BCUT2D eigenvalue weighted by Gasteiger charge is -2.28. The number of amides is 1. The van der Waals surface area contributed by atoms with Crippen molar-refractivity contribution < 1.29 is 13.2 Å². The molecule has 1 N–H and O–H groups in total. The number of aliphatic imine (C=N–C) groups is 1. The van der Waals surface area contributed by atoms with Crippen LogP contribution in [0.5, 0.6) is 0 Å². The van der Waals surface area contributed by atoms with E-state index in [0.29, 0.717) is 0 Å². The highest BCUT2D eigenvalue weighted by Gasteiger charge is 2.47. The highest BCUT2D eigenvalue weighted by atomic mass is 32.2. The van der Waals surface area contributed by atoms with Crippen molar-refractivity contribution in [2.45, 2.75) is 39.8 Å². The van der Waals surface area contributed by atoms with Gasteiger partial charge in [-0.2, -0.15) is 0 Å². The van der Waals surface area contributed by atoms with Gasteiger partial charge in [-0.25, -0.2) is 8.42 Å². The molecule has 2 aromatic rings. The van der Waals surface area contributed by atoms with E-state index in [0.717, 1.165) is 38.8 Å². The third kappa shape index (κ3) is 4.65. The summed E-state index contributed by atoms with van der Waals surface area (Å²) in [5, 5.41) is 3.69. The number of nitrogens with one attached hydrogen (secondary N) is 1. The summed E-state index contributed by atoms with van der Waals surface area (Å²) in [6.45, 7) is 8.02. The van der Waals surface area contributed by atoms with Crippen molar-refractivity contribution in [2.75, 3.05) is 27.5 Å². The lowest BCUT2D eigenvalue weighted by Crippen LogP contribution is -2.40. The SMILES string of the molecule is Cc1ccc(NC(=O)CSC2=N[C@@H]3CS(=O)(=O)C[C@H]3N2c2cc(C)ccc2C)c(C)c1. The van der Waals surface area contributed by atoms with E-state index in [9.17, 15) is 13.2 Å². The minimum atomic E-state index is -3.11. The normalized spacial score (nSPS) is 21.7. The molecule has 164 valence electrons. The molecule has 0 bridgehead atoms. The molecule has 0 unspecified atom stereocenters. The van der Waals surface area contributed by atoms with Gasteiger partial charge in [0.1, 0.15) is 0 Å². The van der Waals surface area contributed by atoms with E-state index in [-0.39, 0.29) is 35.2 Å². The van der Waals surface area contributed by atoms with Crippen molar-refractivity contribution in [3.05, 3.63) is 58.7 Å². The molecule has 0 saturated carbocycles. The van der Waals surface area contributed by atoms with Crippen molar-refractivity contribution in [1.29, 1.82) is 0 Å². The lowest BCUT2D eigenvalue weighted by atomic mass is 10.1. The summed E-state index contributed by atoms with van der Waals surface area (Å²) in [5.41, 5.74) is 6.10. The molecule has 0 aromatic heterocycles. The summed E-state index contributed by atoms with van der Waals surface area (Å²) < 4.78 is 24.5. The Hall–Kier alpha value is -2.32. The maximum atomic E-state index is 12.6. The van der Waals surface area contributed by atoms with Gasteiger partial charge in [0.15, 0.2) is 15.0 Å². The smallest absolute Gasteiger partial charge is 0.234 e. The number of carbonyl (C=O) groups is 1. The second kappa shape index (κ2) is 8.31. The van der Waals surface area contributed by atoms with Gasteiger partial charge in [0.2, 0.25) is 5.91 Å². The first-order valence-corrected chi connectivity index (χ1v) is 13.1. The average molecular weight is 458 g/mol. The molecule has 6 nitrogen and oxygen atoms in total. The Balaban J connectivity index is 1.54. The van der Waals surface area contributed by atoms with Gasteiger partial charge in [-0.3, -0.25) is 9.79 Å². The molecule has 31 heavy (non-hydrogen) atoms. The average Bonchev–Trinajstić information content (AvgIpc) is 3.15. The van der Waals surface area contributed by atoms with Gasteiger partial charge in [-0.1, -0.05) is 41.6 Å². The second-order valence-corrected chi connectivity index (χ2v) is 11.5. The quantitative estimate of drug-likeness (QED) is 0.758. The Morgan fingerprint density at radius 2 is 1.77 bits per heavy atom. The monoisotopic (exact) mass is 457 g/mol. The van der Waals surface area contributed by atoms with Gasteiger partial charge in [-0.15, -0.1) is 0 Å². The Labute approximate surface area is 188 Å². The van der Waals surface area contributed by atoms with Crippen molar-refractivity contribution in [2.24, 2.45) is 4.99 Å². The second-order valence-electron chi connectivity index (χ2n) is 8.44. The summed E-state index contributed by atoms with van der Waals surface area (Å²) in [5.74, 6) is 0.260. The predicted molar refractivity (Wildman–Crippen MR) is 129 cm³/mol. The van der Waals surface area contributed by atoms with Crippen LogP contribution < -0.4 is 10.2 Å². The van der Waals surface area contributed by atoms with E-state index in [2.05, 4.69) is 11.4 Å². The molecule has 2 aliphatic heterocycles. The molecule has 2 atom stereocenters. The van der Waals surface area contributed by atoms with E-state index < -0.39 is 9.84 Å². The number of hydrogen-bond donors (Lipinski definition) is 1. The van der Waals surface area contributed by atoms with Crippen LogP contribution in [0.25, 0.3) is 0 Å². The maximum absolute atomic E-state index is 12.6. The number of aryl methyl sites for hydroxylation is 4. The van der Waals surface area contributed by atoms with Gasteiger partial charge >= 0.3 is 0 Å². The molecule has 8 heteroatoms. The van der Waals surface area contributed by atoms with Crippen molar-refractivity contribution >= 4 is 44.0 Å². The third-order valence-corrected chi connectivity index (χ3v) is 8.39. The van der Waals surface area contributed by atoms with E-state index in [1.807, 2.05) is 62.9 Å². The van der Waals surface area contributed by atoms with Gasteiger partial charge < -0.3 is 10.2 Å².